The fraction of sp³-hybridized carbons (Fsp3) is 0.0833. The van der Waals surface area contributed by atoms with Crippen molar-refractivity contribution < 1.29 is 0 Å². The lowest BCUT2D eigenvalue weighted by molar-refractivity contribution is 0.840. The minimum absolute atomic E-state index is 0.569. The van der Waals surface area contributed by atoms with Gasteiger partial charge in [0.25, 0.3) is 0 Å². The van der Waals surface area contributed by atoms with Crippen LogP contribution in [0.2, 0.25) is 0 Å². The van der Waals surface area contributed by atoms with Crippen molar-refractivity contribution in [2.75, 3.05) is 0 Å². The maximum absolute atomic E-state index is 5.21. The van der Waals surface area contributed by atoms with E-state index >= 15 is 0 Å². The lowest BCUT2D eigenvalue weighted by atomic mass is 10.2. The second kappa shape index (κ2) is 3.80. The van der Waals surface area contributed by atoms with Crippen molar-refractivity contribution in [2.45, 2.75) is 6.54 Å². The number of hydrogen-bond donors (Lipinski definition) is 0. The van der Waals surface area contributed by atoms with Crippen LogP contribution in [-0.4, -0.2) is 9.55 Å². The summed E-state index contributed by atoms with van der Waals surface area (Å²) >= 11 is 0. The van der Waals surface area contributed by atoms with Gasteiger partial charge in [0.05, 0.1) is 18.6 Å². The number of benzene rings is 1. The molecule has 0 unspecified atom stereocenters. The quantitative estimate of drug-likeness (QED) is 0.651. The van der Waals surface area contributed by atoms with Gasteiger partial charge >= 0.3 is 0 Å². The van der Waals surface area contributed by atoms with Crippen molar-refractivity contribution in [3.63, 3.8) is 0 Å². The summed E-state index contributed by atoms with van der Waals surface area (Å²) in [7, 11) is 0. The molecular weight excluding hydrogens is 172 g/mol. The maximum Gasteiger partial charge on any atom is 0.0962 e. The van der Waals surface area contributed by atoms with E-state index in [0.29, 0.717) is 6.54 Å². The van der Waals surface area contributed by atoms with Gasteiger partial charge in [-0.1, -0.05) is 36.3 Å². The summed E-state index contributed by atoms with van der Waals surface area (Å²) in [5.41, 5.74) is 2.07. The summed E-state index contributed by atoms with van der Waals surface area (Å²) in [5.74, 6) is 2.57. The van der Waals surface area contributed by atoms with Crippen molar-refractivity contribution in [3.05, 3.63) is 42.9 Å². The number of nitrogens with zero attached hydrogens (tertiary/aromatic N) is 2. The number of terminal acetylenes is 1. The average Bonchev–Trinajstić information content (AvgIpc) is 2.68. The highest BCUT2D eigenvalue weighted by atomic mass is 15.0. The van der Waals surface area contributed by atoms with Crippen LogP contribution in [0.25, 0.3) is 11.3 Å². The standard InChI is InChI=1S/C12H10N2/c1-2-8-14-9-12(13-10-14)11-6-4-3-5-7-11/h1,3-7,9-10H,8H2. The minimum Gasteiger partial charge on any atom is -0.325 e. The Kier molecular flexibility index (Phi) is 2.33. The van der Waals surface area contributed by atoms with Gasteiger partial charge in [0.2, 0.25) is 0 Å². The highest BCUT2D eigenvalue weighted by Gasteiger charge is 1.99. The molecule has 2 nitrogen and oxygen atoms in total. The Morgan fingerprint density at radius 3 is 2.79 bits per heavy atom. The first-order valence-electron chi connectivity index (χ1n) is 4.41. The van der Waals surface area contributed by atoms with Gasteiger partial charge in [0.15, 0.2) is 0 Å². The molecule has 2 heteroatoms. The molecule has 0 atom stereocenters. The van der Waals surface area contributed by atoms with Crippen LogP contribution in [0.15, 0.2) is 42.9 Å². The molecule has 1 aromatic carbocycles. The SMILES string of the molecule is C#CCn1cnc(-c2ccccc2)c1. The molecule has 0 aliphatic carbocycles. The Morgan fingerprint density at radius 2 is 2.07 bits per heavy atom. The van der Waals surface area contributed by atoms with E-state index in [4.69, 9.17) is 6.42 Å². The van der Waals surface area contributed by atoms with Gasteiger partial charge in [-0.25, -0.2) is 4.98 Å². The zero-order valence-electron chi connectivity index (χ0n) is 7.72. The molecule has 0 aliphatic heterocycles. The van der Waals surface area contributed by atoms with Gasteiger partial charge in [-0.05, 0) is 0 Å². The van der Waals surface area contributed by atoms with Crippen LogP contribution >= 0.6 is 0 Å². The summed E-state index contributed by atoms with van der Waals surface area (Å²) in [6, 6.07) is 10.0. The van der Waals surface area contributed by atoms with Crippen molar-refractivity contribution >= 4 is 0 Å². The third-order valence-corrected chi connectivity index (χ3v) is 1.98. The van der Waals surface area contributed by atoms with Crippen LogP contribution in [-0.2, 0) is 6.54 Å². The number of imidazole rings is 1. The molecule has 2 aromatic rings. The van der Waals surface area contributed by atoms with Crippen molar-refractivity contribution in [3.8, 4) is 23.6 Å². The zero-order chi connectivity index (χ0) is 9.80. The third kappa shape index (κ3) is 1.67. The molecule has 0 bridgehead atoms. The highest BCUT2D eigenvalue weighted by Crippen LogP contribution is 2.15. The summed E-state index contributed by atoms with van der Waals surface area (Å²) in [6.45, 7) is 0.569. The van der Waals surface area contributed by atoms with E-state index in [0.717, 1.165) is 11.3 Å². The summed E-state index contributed by atoms with van der Waals surface area (Å²) in [6.07, 6.45) is 8.92. The minimum atomic E-state index is 0.569. The number of hydrogen-bond acceptors (Lipinski definition) is 1. The normalized spacial score (nSPS) is 9.64. The molecular formula is C12H10N2. The molecule has 68 valence electrons. The highest BCUT2D eigenvalue weighted by molar-refractivity contribution is 5.57. The van der Waals surface area contributed by atoms with E-state index in [9.17, 15) is 0 Å². The first-order chi connectivity index (χ1) is 6.90. The monoisotopic (exact) mass is 182 g/mol. The lowest BCUT2D eigenvalue weighted by Gasteiger charge is -1.94. The molecule has 0 saturated carbocycles. The van der Waals surface area contributed by atoms with Crippen molar-refractivity contribution in [1.82, 2.24) is 9.55 Å². The van der Waals surface area contributed by atoms with E-state index in [-0.39, 0.29) is 0 Å². The summed E-state index contributed by atoms with van der Waals surface area (Å²) < 4.78 is 1.89. The van der Waals surface area contributed by atoms with Gasteiger partial charge in [-0.2, -0.15) is 0 Å². The van der Waals surface area contributed by atoms with Crippen LogP contribution < -0.4 is 0 Å². The fourth-order valence-electron chi connectivity index (χ4n) is 1.31. The van der Waals surface area contributed by atoms with Gasteiger partial charge in [0.1, 0.15) is 0 Å². The molecule has 0 amide bonds. The molecule has 0 N–H and O–H groups in total. The van der Waals surface area contributed by atoms with Crippen LogP contribution in [0.1, 0.15) is 0 Å². The molecule has 1 aromatic heterocycles. The Hall–Kier alpha value is -2.01. The van der Waals surface area contributed by atoms with Crippen molar-refractivity contribution in [1.29, 1.82) is 0 Å². The zero-order valence-corrected chi connectivity index (χ0v) is 7.72. The van der Waals surface area contributed by atoms with E-state index in [1.165, 1.54) is 0 Å². The van der Waals surface area contributed by atoms with Crippen LogP contribution in [0.3, 0.4) is 0 Å². The Balaban J connectivity index is 2.31. The van der Waals surface area contributed by atoms with Crippen molar-refractivity contribution in [2.24, 2.45) is 0 Å². The number of rotatable bonds is 2. The van der Waals surface area contributed by atoms with Crippen LogP contribution in [0, 0.1) is 12.3 Å². The van der Waals surface area contributed by atoms with Crippen LogP contribution in [0.4, 0.5) is 0 Å². The second-order valence-electron chi connectivity index (χ2n) is 3.00. The molecule has 0 spiro atoms. The summed E-state index contributed by atoms with van der Waals surface area (Å²) in [5, 5.41) is 0. The predicted octanol–water partition coefficient (Wildman–Crippen LogP) is 2.18. The fourth-order valence-corrected chi connectivity index (χ4v) is 1.31. The van der Waals surface area contributed by atoms with Gasteiger partial charge in [0, 0.05) is 11.8 Å². The topological polar surface area (TPSA) is 17.8 Å². The maximum atomic E-state index is 5.21. The van der Waals surface area contributed by atoms with E-state index in [1.54, 1.807) is 6.33 Å². The van der Waals surface area contributed by atoms with E-state index in [2.05, 4.69) is 10.9 Å². The molecule has 2 rings (SSSR count). The molecule has 0 aliphatic rings. The Bertz CT molecular complexity index is 449. The molecule has 0 radical (unpaired) electrons. The Morgan fingerprint density at radius 1 is 1.29 bits per heavy atom. The summed E-state index contributed by atoms with van der Waals surface area (Å²) in [4.78, 5) is 4.27. The molecule has 14 heavy (non-hydrogen) atoms. The average molecular weight is 182 g/mol. The Labute approximate surface area is 83.2 Å². The third-order valence-electron chi connectivity index (χ3n) is 1.98. The first kappa shape index (κ1) is 8.58. The molecule has 1 heterocycles. The number of aromatic nitrogens is 2. The molecule has 0 saturated heterocycles. The van der Waals surface area contributed by atoms with Gasteiger partial charge < -0.3 is 4.57 Å². The smallest absolute Gasteiger partial charge is 0.0962 e. The van der Waals surface area contributed by atoms with Gasteiger partial charge in [-0.15, -0.1) is 6.42 Å². The van der Waals surface area contributed by atoms with E-state index in [1.807, 2.05) is 41.1 Å². The lowest BCUT2D eigenvalue weighted by Crippen LogP contribution is -1.88. The van der Waals surface area contributed by atoms with E-state index < -0.39 is 0 Å². The van der Waals surface area contributed by atoms with Crippen LogP contribution in [0.5, 0.6) is 0 Å². The molecule has 0 fully saturated rings. The predicted molar refractivity (Wildman–Crippen MR) is 56.5 cm³/mol. The van der Waals surface area contributed by atoms with Gasteiger partial charge in [-0.3, -0.25) is 0 Å². The largest absolute Gasteiger partial charge is 0.325 e. The second-order valence-corrected chi connectivity index (χ2v) is 3.00. The first-order valence-corrected chi connectivity index (χ1v) is 4.41.